The molecule has 0 aliphatic rings. The van der Waals surface area contributed by atoms with E-state index < -0.39 is 0 Å². The smallest absolute Gasteiger partial charge is 0.162 e. The summed E-state index contributed by atoms with van der Waals surface area (Å²) in [6.45, 7) is 2.18. The van der Waals surface area contributed by atoms with Gasteiger partial charge in [-0.1, -0.05) is 103 Å². The molecule has 0 unspecified atom stereocenters. The Balaban J connectivity index is 1.27. The number of nitrogens with zero attached hydrogens (tertiary/aromatic N) is 3. The molecule has 44 heavy (non-hydrogen) atoms. The Kier molecular flexibility index (Phi) is 5.44. The third-order valence-electron chi connectivity index (χ3n) is 8.76. The molecule has 0 amide bonds. The van der Waals surface area contributed by atoms with Crippen LogP contribution < -0.4 is 0 Å². The third-order valence-corrected chi connectivity index (χ3v) is 8.76. The van der Waals surface area contributed by atoms with Crippen LogP contribution in [0.2, 0.25) is 0 Å². The normalized spacial score (nSPS) is 11.8. The fourth-order valence-corrected chi connectivity index (χ4v) is 6.73. The Bertz CT molecular complexity index is 2540. The number of aromatic nitrogens is 3. The highest BCUT2D eigenvalue weighted by atomic mass is 16.3. The maximum atomic E-state index is 6.36. The first-order valence-corrected chi connectivity index (χ1v) is 15.0. The monoisotopic (exact) mass is 565 g/mol. The van der Waals surface area contributed by atoms with Gasteiger partial charge in [0.15, 0.2) is 5.82 Å². The maximum Gasteiger partial charge on any atom is 0.162 e. The van der Waals surface area contributed by atoms with Crippen LogP contribution in [0.15, 0.2) is 138 Å². The zero-order valence-electron chi connectivity index (χ0n) is 24.2. The minimum absolute atomic E-state index is 0.721. The van der Waals surface area contributed by atoms with E-state index in [1.54, 1.807) is 0 Å². The van der Waals surface area contributed by atoms with E-state index in [4.69, 9.17) is 14.4 Å². The van der Waals surface area contributed by atoms with E-state index in [1.165, 1.54) is 33.0 Å². The number of hydrogen-bond donors (Lipinski definition) is 0. The summed E-state index contributed by atoms with van der Waals surface area (Å²) in [7, 11) is 0. The van der Waals surface area contributed by atoms with Crippen molar-refractivity contribution < 1.29 is 4.42 Å². The molecule has 208 valence electrons. The van der Waals surface area contributed by atoms with E-state index in [0.29, 0.717) is 0 Å². The molecule has 3 heterocycles. The Morgan fingerprint density at radius 3 is 2.27 bits per heavy atom. The second-order valence-electron chi connectivity index (χ2n) is 11.5. The Morgan fingerprint density at radius 2 is 1.36 bits per heavy atom. The van der Waals surface area contributed by atoms with Crippen molar-refractivity contribution in [3.8, 4) is 17.2 Å². The largest absolute Gasteiger partial charge is 0.456 e. The van der Waals surface area contributed by atoms with Gasteiger partial charge in [0.05, 0.1) is 16.6 Å². The van der Waals surface area contributed by atoms with Gasteiger partial charge in [-0.3, -0.25) is 4.57 Å². The molecule has 6 aromatic carbocycles. The summed E-state index contributed by atoms with van der Waals surface area (Å²) in [6.07, 6.45) is 0.778. The summed E-state index contributed by atoms with van der Waals surface area (Å²) in [6, 6.07) is 46.7. The molecule has 0 N–H and O–H groups in total. The van der Waals surface area contributed by atoms with Gasteiger partial charge < -0.3 is 4.42 Å². The summed E-state index contributed by atoms with van der Waals surface area (Å²) in [5, 5.41) is 5.77. The second kappa shape index (κ2) is 9.65. The molecule has 9 aromatic rings. The number of rotatable bonds is 4. The number of benzene rings is 6. The molecule has 0 aliphatic heterocycles. The lowest BCUT2D eigenvalue weighted by molar-refractivity contribution is 0.664. The molecule has 0 radical (unpaired) electrons. The topological polar surface area (TPSA) is 43.9 Å². The third kappa shape index (κ3) is 3.78. The average Bonchev–Trinajstić information content (AvgIpc) is 3.62. The molecule has 9 rings (SSSR count). The van der Waals surface area contributed by atoms with Gasteiger partial charge in [0, 0.05) is 38.9 Å². The number of fused-ring (bicyclic) bond motifs is 7. The van der Waals surface area contributed by atoms with Crippen LogP contribution in [0.4, 0.5) is 0 Å². The molecular weight excluding hydrogens is 538 g/mol. The van der Waals surface area contributed by atoms with E-state index >= 15 is 0 Å². The van der Waals surface area contributed by atoms with Crippen LogP contribution in [0.3, 0.4) is 0 Å². The van der Waals surface area contributed by atoms with Crippen molar-refractivity contribution in [3.05, 3.63) is 150 Å². The molecular formula is C40H27N3O. The predicted octanol–water partition coefficient (Wildman–Crippen LogP) is 10.2. The lowest BCUT2D eigenvalue weighted by Gasteiger charge is -2.13. The van der Waals surface area contributed by atoms with E-state index in [9.17, 15) is 0 Å². The highest BCUT2D eigenvalue weighted by molar-refractivity contribution is 6.11. The lowest BCUT2D eigenvalue weighted by atomic mass is 10.0. The van der Waals surface area contributed by atoms with Crippen LogP contribution in [0.5, 0.6) is 0 Å². The van der Waals surface area contributed by atoms with Crippen molar-refractivity contribution in [2.75, 3.05) is 0 Å². The van der Waals surface area contributed by atoms with E-state index in [2.05, 4.69) is 109 Å². The highest BCUT2D eigenvalue weighted by Crippen LogP contribution is 2.37. The first kappa shape index (κ1) is 24.8. The van der Waals surface area contributed by atoms with Crippen LogP contribution in [-0.2, 0) is 6.42 Å². The Labute approximate surface area is 253 Å². The minimum atomic E-state index is 0.721. The van der Waals surface area contributed by atoms with Crippen LogP contribution in [-0.4, -0.2) is 14.5 Å². The van der Waals surface area contributed by atoms with Gasteiger partial charge in [-0.25, -0.2) is 9.97 Å². The number of furan rings is 1. The molecule has 0 bridgehead atoms. The molecule has 4 heteroatoms. The van der Waals surface area contributed by atoms with E-state index in [-0.39, 0.29) is 0 Å². The zero-order valence-corrected chi connectivity index (χ0v) is 24.2. The second-order valence-corrected chi connectivity index (χ2v) is 11.5. The zero-order chi connectivity index (χ0) is 29.2. The lowest BCUT2D eigenvalue weighted by Crippen LogP contribution is -2.03. The fourth-order valence-electron chi connectivity index (χ4n) is 6.73. The quantitative estimate of drug-likeness (QED) is 0.213. The van der Waals surface area contributed by atoms with Gasteiger partial charge in [-0.05, 0) is 53.9 Å². The molecule has 0 fully saturated rings. The van der Waals surface area contributed by atoms with Gasteiger partial charge in [-0.15, -0.1) is 0 Å². The van der Waals surface area contributed by atoms with E-state index in [0.717, 1.165) is 62.0 Å². The first-order chi connectivity index (χ1) is 21.7. The molecule has 0 aliphatic carbocycles. The van der Waals surface area contributed by atoms with Gasteiger partial charge in [-0.2, -0.15) is 0 Å². The van der Waals surface area contributed by atoms with E-state index in [1.807, 2.05) is 36.4 Å². The number of hydrogen-bond acceptors (Lipinski definition) is 3. The van der Waals surface area contributed by atoms with Crippen molar-refractivity contribution in [2.45, 2.75) is 13.3 Å². The maximum absolute atomic E-state index is 6.36. The number of para-hydroxylation sites is 4. The van der Waals surface area contributed by atoms with Crippen molar-refractivity contribution in [3.63, 3.8) is 0 Å². The van der Waals surface area contributed by atoms with Crippen LogP contribution in [0.25, 0.3) is 71.9 Å². The van der Waals surface area contributed by atoms with Crippen LogP contribution in [0.1, 0.15) is 16.7 Å². The summed E-state index contributed by atoms with van der Waals surface area (Å²) in [4.78, 5) is 10.2. The van der Waals surface area contributed by atoms with Gasteiger partial charge in [0.25, 0.3) is 0 Å². The SMILES string of the molecule is Cc1cccc2c3cc(Cc4cccc5c4oc4ccccc45)ccc3n(-c3nc(-c4ccccc4)nc4ccccc34)c12. The Hall–Kier alpha value is -5.74. The van der Waals surface area contributed by atoms with Gasteiger partial charge in [0.2, 0.25) is 0 Å². The summed E-state index contributed by atoms with van der Waals surface area (Å²) in [5.41, 5.74) is 9.75. The average molecular weight is 566 g/mol. The van der Waals surface area contributed by atoms with Crippen LogP contribution in [0, 0.1) is 6.92 Å². The first-order valence-electron chi connectivity index (χ1n) is 15.0. The summed E-state index contributed by atoms with van der Waals surface area (Å²) in [5.74, 6) is 1.61. The molecule has 0 saturated heterocycles. The molecule has 0 spiro atoms. The summed E-state index contributed by atoms with van der Waals surface area (Å²) >= 11 is 0. The number of aryl methyl sites for hydroxylation is 1. The summed E-state index contributed by atoms with van der Waals surface area (Å²) < 4.78 is 8.69. The predicted molar refractivity (Wildman–Crippen MR) is 181 cm³/mol. The van der Waals surface area contributed by atoms with Crippen molar-refractivity contribution >= 4 is 54.6 Å². The highest BCUT2D eigenvalue weighted by Gasteiger charge is 2.19. The van der Waals surface area contributed by atoms with Gasteiger partial charge in [0.1, 0.15) is 17.0 Å². The molecule has 4 nitrogen and oxygen atoms in total. The standard InChI is InChI=1S/C40H27N3O/c1-25-11-9-17-30-33-24-26(23-28-14-10-18-31-29-15-6-8-20-36(29)44-38(28)31)21-22-35(33)43(37(25)30)40-32-16-5-7-19-34(32)41-39(42-40)27-12-3-2-4-13-27/h2-22,24H,23H2,1H3. The fraction of sp³-hybridized carbons (Fsp3) is 0.0500. The molecule has 3 aromatic heterocycles. The van der Waals surface area contributed by atoms with Gasteiger partial charge >= 0.3 is 0 Å². The van der Waals surface area contributed by atoms with Crippen molar-refractivity contribution in [2.24, 2.45) is 0 Å². The Morgan fingerprint density at radius 1 is 0.614 bits per heavy atom. The molecule has 0 saturated carbocycles. The van der Waals surface area contributed by atoms with Crippen molar-refractivity contribution in [1.82, 2.24) is 14.5 Å². The van der Waals surface area contributed by atoms with Crippen LogP contribution >= 0.6 is 0 Å². The van der Waals surface area contributed by atoms with Crippen molar-refractivity contribution in [1.29, 1.82) is 0 Å². The minimum Gasteiger partial charge on any atom is -0.456 e. The molecule has 0 atom stereocenters.